The zero-order chi connectivity index (χ0) is 51.4. The standard InChI is InChI=1S/C63H73N5O7/c1-3-65-30-46-56-39(45-31-67-47-28-48(69)42-12-10-38-29-68-61-55(38)57(42)60(47)58(45)59(46)61)13-14-41-40(56)17-20-63(62(41)74)19-16-36(44-27-51(72)52(75-2)24-35(44)11-15-53(63)73)23-49(70)50(71)26-43(37-18-21-66-54(64)25-37)34-9-8-32-6-4-5-7-33(32)22-34/h4-10,12,18,22,24-25,27,29,36,39-43,45-47,49-50,56-60,62,65-68,70-72,74H,3,11,13-15,17,20-21,23,26,28,30-31,64H2,1-2H3. The summed E-state index contributed by atoms with van der Waals surface area (Å²) < 4.78 is 5.60. The SMILES string of the molecule is CCNCC1C2c3[nH]cc4c3C3C(C=C4)C(=O)CC4NCC(C5CCC6C(CCC7(C#CC(CC(O)C(O)CC(C8=CCNC(N)=C8)c8ccc9ccccc9c8)c8cc(O)c(OC)cc8CCC7=O)C6O)C51)C2C43. The Morgan fingerprint density at radius 2 is 1.77 bits per heavy atom. The largest absolute Gasteiger partial charge is 0.504 e. The highest BCUT2D eigenvalue weighted by Gasteiger charge is 2.67. The maximum atomic E-state index is 15.2. The average Bonchev–Trinajstić information content (AvgIpc) is 3.88. The fraction of sp³-hybridized carbons (Fsp3) is 0.524. The van der Waals surface area contributed by atoms with Crippen molar-refractivity contribution in [3.8, 4) is 23.3 Å². The number of dihydropyridines is 1. The van der Waals surface area contributed by atoms with E-state index in [1.54, 1.807) is 12.1 Å². The van der Waals surface area contributed by atoms with Crippen molar-refractivity contribution in [3.05, 3.63) is 124 Å². The molecule has 1 aromatic heterocycles. The van der Waals surface area contributed by atoms with E-state index in [0.717, 1.165) is 66.4 Å². The van der Waals surface area contributed by atoms with Gasteiger partial charge in [0.2, 0.25) is 0 Å². The zero-order valence-electron chi connectivity index (χ0n) is 43.2. The molecular weight excluding hydrogens is 939 g/mol. The predicted molar refractivity (Wildman–Crippen MR) is 288 cm³/mol. The summed E-state index contributed by atoms with van der Waals surface area (Å²) in [7, 11) is 1.50. The van der Waals surface area contributed by atoms with Crippen molar-refractivity contribution in [2.75, 3.05) is 33.3 Å². The number of ether oxygens (including phenoxy) is 1. The van der Waals surface area contributed by atoms with Gasteiger partial charge >= 0.3 is 0 Å². The van der Waals surface area contributed by atoms with Gasteiger partial charge in [0.05, 0.1) is 31.2 Å². The number of ketones is 2. The van der Waals surface area contributed by atoms with Crippen molar-refractivity contribution in [2.24, 2.45) is 64.4 Å². The lowest BCUT2D eigenvalue weighted by atomic mass is 9.39. The lowest BCUT2D eigenvalue weighted by molar-refractivity contribution is -0.166. The van der Waals surface area contributed by atoms with E-state index in [1.165, 1.54) is 23.9 Å². The Balaban J connectivity index is 0.827. The molecule has 18 atom stereocenters. The van der Waals surface area contributed by atoms with Crippen LogP contribution in [0.1, 0.15) is 115 Å². The van der Waals surface area contributed by atoms with Crippen LogP contribution in [0.4, 0.5) is 0 Å². The van der Waals surface area contributed by atoms with E-state index in [0.29, 0.717) is 84.4 Å². The lowest BCUT2D eigenvalue weighted by Gasteiger charge is -2.67. The number of aromatic nitrogens is 1. The van der Waals surface area contributed by atoms with Gasteiger partial charge in [-0.15, -0.1) is 0 Å². The number of allylic oxidation sites excluding steroid dienone is 3. The van der Waals surface area contributed by atoms with Gasteiger partial charge in [-0.05, 0) is 174 Å². The number of aromatic amines is 1. The second-order valence-electron chi connectivity index (χ2n) is 24.0. The maximum Gasteiger partial charge on any atom is 0.160 e. The van der Waals surface area contributed by atoms with Crippen LogP contribution >= 0.6 is 0 Å². The maximum absolute atomic E-state index is 15.2. The number of carbonyl (C=O) groups is 2. The number of nitrogens with two attached hydrogens (primary N) is 1. The van der Waals surface area contributed by atoms with Gasteiger partial charge in [-0.25, -0.2) is 0 Å². The smallest absolute Gasteiger partial charge is 0.160 e. The summed E-state index contributed by atoms with van der Waals surface area (Å²) in [6.45, 7) is 5.38. The molecule has 7 aliphatic carbocycles. The quantitative estimate of drug-likeness (QED) is 0.0697. The first kappa shape index (κ1) is 48.9. The third kappa shape index (κ3) is 7.88. The molecule has 12 nitrogen and oxygen atoms in total. The first-order valence-corrected chi connectivity index (χ1v) is 28.2. The van der Waals surface area contributed by atoms with Gasteiger partial charge in [0.1, 0.15) is 11.2 Å². The Hall–Kier alpha value is -5.68. The number of benzene rings is 3. The van der Waals surface area contributed by atoms with Gasteiger partial charge in [-0.2, -0.15) is 0 Å². The fourth-order valence-electron chi connectivity index (χ4n) is 17.6. The van der Waals surface area contributed by atoms with Gasteiger partial charge in [0.15, 0.2) is 17.3 Å². The number of hydrogen-bond donors (Lipinski definition) is 9. The number of H-pyrrole nitrogens is 1. The number of aliphatic hydroxyl groups is 3. The molecule has 0 radical (unpaired) electrons. The van der Waals surface area contributed by atoms with Gasteiger partial charge in [0, 0.05) is 66.9 Å². The fourth-order valence-corrected chi connectivity index (χ4v) is 17.6. The number of Topliss-reactive ketones (excluding diaryl/α,β-unsaturated/α-hetero) is 2. The second-order valence-corrected chi connectivity index (χ2v) is 24.0. The van der Waals surface area contributed by atoms with Crippen LogP contribution in [-0.2, 0) is 16.0 Å². The summed E-state index contributed by atoms with van der Waals surface area (Å²) in [6.07, 6.45) is 11.5. The number of aryl methyl sites for hydroxylation is 1. The van der Waals surface area contributed by atoms with E-state index in [4.69, 9.17) is 10.5 Å². The molecule has 3 aromatic carbocycles. The zero-order valence-corrected chi connectivity index (χ0v) is 43.2. The van der Waals surface area contributed by atoms with E-state index in [1.807, 2.05) is 18.2 Å². The summed E-state index contributed by atoms with van der Waals surface area (Å²) in [6, 6.07) is 18.1. The van der Waals surface area contributed by atoms with Gasteiger partial charge in [0.25, 0.3) is 0 Å². The number of carbonyl (C=O) groups excluding carboxylic acids is 2. The minimum absolute atomic E-state index is 0.0338. The number of aliphatic hydroxyl groups excluding tert-OH is 3. The molecule has 1 saturated heterocycles. The van der Waals surface area contributed by atoms with Gasteiger partial charge < -0.3 is 51.8 Å². The number of aromatic hydroxyl groups is 1. The van der Waals surface area contributed by atoms with Crippen LogP contribution < -0.4 is 26.4 Å². The molecule has 4 aromatic rings. The molecule has 0 bridgehead atoms. The van der Waals surface area contributed by atoms with Crippen LogP contribution in [0, 0.1) is 70.5 Å². The van der Waals surface area contributed by atoms with E-state index >= 15 is 4.79 Å². The molecule has 1 spiro atoms. The Morgan fingerprint density at radius 1 is 0.947 bits per heavy atom. The summed E-state index contributed by atoms with van der Waals surface area (Å²) in [5, 5.41) is 62.0. The number of hydrogen-bond acceptors (Lipinski definition) is 11. The summed E-state index contributed by atoms with van der Waals surface area (Å²) in [5.74, 6) is 10.0. The molecule has 12 heteroatoms. The summed E-state index contributed by atoms with van der Waals surface area (Å²) in [5.41, 5.74) is 12.4. The molecule has 18 unspecified atom stereocenters. The minimum atomic E-state index is -1.32. The topological polar surface area (TPSA) is 202 Å². The highest BCUT2D eigenvalue weighted by atomic mass is 16.5. The predicted octanol–water partition coefficient (Wildman–Crippen LogP) is 7.06. The molecule has 4 saturated carbocycles. The Kier molecular flexibility index (Phi) is 12.5. The number of phenols is 1. The summed E-state index contributed by atoms with van der Waals surface area (Å²) in [4.78, 5) is 32.8. The van der Waals surface area contributed by atoms with Crippen molar-refractivity contribution in [1.29, 1.82) is 0 Å². The Bertz CT molecular complexity index is 3090. The number of phenolic OH excluding ortho intramolecular Hbond substituents is 1. The Morgan fingerprint density at radius 3 is 2.60 bits per heavy atom. The molecule has 392 valence electrons. The normalized spacial score (nSPS) is 36.1. The van der Waals surface area contributed by atoms with Crippen molar-refractivity contribution < 1.29 is 34.8 Å². The number of rotatable bonds is 11. The van der Waals surface area contributed by atoms with Crippen molar-refractivity contribution in [2.45, 2.75) is 113 Å². The van der Waals surface area contributed by atoms with Crippen LogP contribution in [0.2, 0.25) is 0 Å². The molecule has 5 fully saturated rings. The highest BCUT2D eigenvalue weighted by Crippen LogP contribution is 2.69. The summed E-state index contributed by atoms with van der Waals surface area (Å²) >= 11 is 0. The second kappa shape index (κ2) is 19.1. The molecule has 2 aliphatic heterocycles. The van der Waals surface area contributed by atoms with Crippen LogP contribution in [0.3, 0.4) is 0 Å². The van der Waals surface area contributed by atoms with Crippen LogP contribution in [-0.4, -0.2) is 94.6 Å². The van der Waals surface area contributed by atoms with E-state index in [-0.39, 0.29) is 72.2 Å². The average molecular weight is 1010 g/mol. The van der Waals surface area contributed by atoms with Crippen molar-refractivity contribution in [3.63, 3.8) is 0 Å². The molecule has 9 aliphatic rings. The third-order valence-corrected chi connectivity index (χ3v) is 20.8. The molecular formula is C63H73N5O7. The lowest BCUT2D eigenvalue weighted by Crippen LogP contribution is -2.68. The van der Waals surface area contributed by atoms with Crippen LogP contribution in [0.5, 0.6) is 11.5 Å². The monoisotopic (exact) mass is 1010 g/mol. The highest BCUT2D eigenvalue weighted by molar-refractivity contribution is 5.90. The van der Waals surface area contributed by atoms with E-state index in [2.05, 4.69) is 94.5 Å². The van der Waals surface area contributed by atoms with Crippen molar-refractivity contribution in [1.82, 2.24) is 20.9 Å². The number of fused-ring (bicyclic) bond motifs is 7. The van der Waals surface area contributed by atoms with Crippen LogP contribution in [0.25, 0.3) is 16.8 Å². The first-order valence-electron chi connectivity index (χ1n) is 28.2. The number of nitrogens with one attached hydrogen (secondary N) is 4. The van der Waals surface area contributed by atoms with Gasteiger partial charge in [-0.3, -0.25) is 9.59 Å². The van der Waals surface area contributed by atoms with Crippen LogP contribution in [0.15, 0.2) is 90.4 Å². The number of methoxy groups -OCH3 is 1. The molecule has 0 amide bonds. The Labute approximate surface area is 440 Å². The van der Waals surface area contributed by atoms with Gasteiger partial charge in [-0.1, -0.05) is 79.5 Å². The van der Waals surface area contributed by atoms with Crippen molar-refractivity contribution >= 4 is 28.4 Å². The molecule has 13 rings (SSSR count). The minimum Gasteiger partial charge on any atom is -0.504 e. The number of piperidine rings is 1. The molecule has 10 N–H and O–H groups in total. The van der Waals surface area contributed by atoms with E-state index in [9.17, 15) is 25.2 Å². The first-order chi connectivity index (χ1) is 36.5. The van der Waals surface area contributed by atoms with E-state index < -0.39 is 29.6 Å². The molecule has 75 heavy (non-hydrogen) atoms. The molecule has 3 heterocycles. The third-order valence-electron chi connectivity index (χ3n) is 20.8.